The van der Waals surface area contributed by atoms with E-state index >= 15 is 0 Å². The van der Waals surface area contributed by atoms with Crippen molar-refractivity contribution in [1.29, 1.82) is 0 Å². The van der Waals surface area contributed by atoms with Crippen LogP contribution in [0.5, 0.6) is 0 Å². The summed E-state index contributed by atoms with van der Waals surface area (Å²) in [5.41, 5.74) is 5.57. The molecule has 0 radical (unpaired) electrons. The molecule has 13 rings (SSSR count). The van der Waals surface area contributed by atoms with Gasteiger partial charge in [0.2, 0.25) is 0 Å². The Hall–Kier alpha value is -8.21. The lowest BCUT2D eigenvalue weighted by atomic mass is 9.43. The molecule has 0 aliphatic heterocycles. The quantitative estimate of drug-likeness (QED) is 0.0681. The smallest absolute Gasteiger partial charge is 0.425 e. The zero-order chi connectivity index (χ0) is 80.1. The zero-order valence-electron chi connectivity index (χ0n) is 57.6. The SMILES string of the molecule is Cc1ccc(C23CC4CC(CC(COC(=O)CCOC(=O)C(F)F)(C4)C2)C3)cc1.Cc1ccc(C23CC4CC(CC(COC(=O)COC(=O)C(F)F)(C4)C2)C3)cc1.O=C(COC(=O)C(F)F)OC1C(=O)C2CCC1C2.O=C(COC(=O)C(F)F)OC1CCCCC1.O=S(=O)=O.O=S(=O)=O.O=S(=O)=O.O=S(=O)=O. The molecule has 11 aliphatic rings. The normalized spacial score (nSPS) is 25.9. The number of rotatable bonds is 21. The van der Waals surface area contributed by atoms with E-state index in [4.69, 9.17) is 69.5 Å². The summed E-state index contributed by atoms with van der Waals surface area (Å²) in [6.07, 6.45) is 6.62. The van der Waals surface area contributed by atoms with E-state index in [0.29, 0.717) is 36.7 Å². The highest BCUT2D eigenvalue weighted by atomic mass is 32.2. The topological polar surface area (TPSA) is 432 Å². The summed E-state index contributed by atoms with van der Waals surface area (Å²) in [5, 5.41) is 0. The minimum Gasteiger partial charge on any atom is -0.465 e. The van der Waals surface area contributed by atoms with Gasteiger partial charge in [-0.25, -0.2) is 33.6 Å². The van der Waals surface area contributed by atoms with Crippen molar-refractivity contribution in [3.05, 3.63) is 70.8 Å². The van der Waals surface area contributed by atoms with E-state index in [1.54, 1.807) is 0 Å². The fourth-order valence-corrected chi connectivity index (χ4v) is 16.9. The Labute approximate surface area is 614 Å². The highest BCUT2D eigenvalue weighted by Crippen LogP contribution is 2.67. The summed E-state index contributed by atoms with van der Waals surface area (Å²) in [4.78, 5) is 100. The number of benzene rings is 2. The molecule has 7 unspecified atom stereocenters. The minimum absolute atomic E-state index is 0.00424. The van der Waals surface area contributed by atoms with Gasteiger partial charge < -0.3 is 37.9 Å². The highest BCUT2D eigenvalue weighted by Gasteiger charge is 2.60. The Kier molecular flexibility index (Phi) is 36.7. The maximum atomic E-state index is 12.2. The molecule has 29 nitrogen and oxygen atoms in total. The first-order valence-corrected chi connectivity index (χ1v) is 37.3. The van der Waals surface area contributed by atoms with Gasteiger partial charge in [-0.2, -0.15) is 35.1 Å². The average Bonchev–Trinajstić information content (AvgIpc) is 1.25. The van der Waals surface area contributed by atoms with Crippen LogP contribution in [0.4, 0.5) is 35.1 Å². The van der Waals surface area contributed by atoms with Crippen LogP contribution in [0.1, 0.15) is 157 Å². The lowest BCUT2D eigenvalue weighted by Gasteiger charge is -2.62. The van der Waals surface area contributed by atoms with Crippen molar-refractivity contribution in [3.8, 4) is 0 Å². The van der Waals surface area contributed by atoms with Crippen molar-refractivity contribution in [2.24, 2.45) is 46.3 Å². The van der Waals surface area contributed by atoms with E-state index in [1.807, 2.05) is 0 Å². The number of alkyl halides is 8. The van der Waals surface area contributed by atoms with Crippen LogP contribution in [-0.2, 0) is 134 Å². The monoisotopic (exact) mass is 1620 g/mol. The van der Waals surface area contributed by atoms with Gasteiger partial charge in [-0.3, -0.25) is 9.59 Å². The number of fused-ring (bicyclic) bond motifs is 2. The number of carbonyl (C=O) groups is 9. The summed E-state index contributed by atoms with van der Waals surface area (Å²) in [6, 6.07) is 17.7. The van der Waals surface area contributed by atoms with Crippen LogP contribution in [0.2, 0.25) is 0 Å². The number of ketones is 1. The Balaban J connectivity index is 0.000000288. The van der Waals surface area contributed by atoms with E-state index in [1.165, 1.54) is 60.8 Å². The molecule has 41 heteroatoms. The fraction of sp³-hybridized carbons (Fsp3) is 0.682. The summed E-state index contributed by atoms with van der Waals surface area (Å²) < 4.78 is 234. The second kappa shape index (κ2) is 43.1. The molecular formula is C66H80F8O29S4. The third kappa shape index (κ3) is 31.1. The van der Waals surface area contributed by atoms with Gasteiger partial charge in [0.1, 0.15) is 12.7 Å². The van der Waals surface area contributed by atoms with Gasteiger partial charge in [-0.05, 0) is 181 Å². The van der Waals surface area contributed by atoms with Crippen LogP contribution in [0.15, 0.2) is 48.5 Å². The number of aryl methyl sites for hydroxylation is 2. The summed E-state index contributed by atoms with van der Waals surface area (Å²) in [5.74, 6) is -7.25. The first-order chi connectivity index (χ1) is 50.1. The molecule has 10 bridgehead atoms. The third-order valence-corrected chi connectivity index (χ3v) is 19.7. The molecule has 11 saturated carbocycles. The predicted octanol–water partition coefficient (Wildman–Crippen LogP) is 7.12. The molecular weight excluding hydrogens is 1540 g/mol. The molecule has 0 saturated heterocycles. The maximum Gasteiger partial charge on any atom is 0.425 e. The highest BCUT2D eigenvalue weighted by molar-refractivity contribution is 7.59. The molecule has 0 heterocycles. The van der Waals surface area contributed by atoms with E-state index < -0.39 is 142 Å². The van der Waals surface area contributed by atoms with Crippen molar-refractivity contribution in [3.63, 3.8) is 0 Å². The second-order valence-corrected chi connectivity index (χ2v) is 29.3. The maximum absolute atomic E-state index is 12.2. The van der Waals surface area contributed by atoms with Crippen molar-refractivity contribution in [2.75, 3.05) is 39.6 Å². The van der Waals surface area contributed by atoms with E-state index in [0.717, 1.165) is 83.5 Å². The number of esters is 8. The van der Waals surface area contributed by atoms with E-state index in [2.05, 4.69) is 81.3 Å². The summed E-state index contributed by atoms with van der Waals surface area (Å²) >= 11 is 0. The van der Waals surface area contributed by atoms with Gasteiger partial charge in [0.15, 0.2) is 31.7 Å². The summed E-state index contributed by atoms with van der Waals surface area (Å²) in [6.45, 7) is 2.09. The van der Waals surface area contributed by atoms with Gasteiger partial charge in [0.25, 0.3) is 0 Å². The predicted molar refractivity (Wildman–Crippen MR) is 342 cm³/mol. The van der Waals surface area contributed by atoms with Crippen molar-refractivity contribution in [2.45, 2.75) is 197 Å². The fourth-order valence-electron chi connectivity index (χ4n) is 16.9. The Bertz CT molecular complexity index is 3720. The molecule has 11 fully saturated rings. The number of Topliss-reactive ketones (excluding diaryl/α,β-unsaturated/α-hetero) is 1. The third-order valence-electron chi connectivity index (χ3n) is 19.7. The van der Waals surface area contributed by atoms with Gasteiger partial charge in [-0.15, -0.1) is 50.5 Å². The van der Waals surface area contributed by atoms with Gasteiger partial charge in [0, 0.05) is 22.7 Å². The van der Waals surface area contributed by atoms with Gasteiger partial charge >= 0.3 is 116 Å². The minimum atomic E-state index is -3.28. The van der Waals surface area contributed by atoms with Crippen molar-refractivity contribution in [1.82, 2.24) is 0 Å². The molecule has 11 aliphatic carbocycles. The molecule has 2 aromatic rings. The molecule has 7 atom stereocenters. The standard InChI is InChI=1S/C23H28F2O4.C22H26F2O4.C11H12F2O5.C10H14F2O4.4O3S/c1-15-2-4-18(5-3-15)23-11-16-8-17(12-23)10-22(9-16,13-23)14-29-19(26)6-7-28-21(27)20(24)25;1-14-2-4-17(5-3-14)22-9-15-6-16(10-22)8-21(7-15,12-22)13-28-18(25)11-27-20(26)19(23)24;12-10(13)11(16)17-4-7(14)18-9-6-2-1-5(3-6)8(9)15;11-9(12)10(14)15-6-8(13)16-7-4-2-1-3-5-7;4*1-4(2)3/h2-5,16-17,20H,6-14H2,1H3;2-5,15-16,19H,6-13H2,1H3;5-6,9-10H,1-4H2;7,9H,1-6H2;;;;. The molecule has 0 aromatic heterocycles. The number of halogens is 8. The van der Waals surface area contributed by atoms with E-state index in [9.17, 15) is 78.3 Å². The van der Waals surface area contributed by atoms with Crippen molar-refractivity contribution < 1.29 is 167 Å². The Morgan fingerprint density at radius 2 is 0.748 bits per heavy atom. The molecule has 107 heavy (non-hydrogen) atoms. The van der Waals surface area contributed by atoms with Crippen LogP contribution in [0, 0.1) is 60.2 Å². The number of hydrogen-bond acceptors (Lipinski definition) is 29. The lowest BCUT2D eigenvalue weighted by Crippen LogP contribution is -2.55. The van der Waals surface area contributed by atoms with Crippen molar-refractivity contribution >= 4 is 96.0 Å². The molecule has 0 amide bonds. The van der Waals surface area contributed by atoms with Crippen LogP contribution in [0.3, 0.4) is 0 Å². The average molecular weight is 1620 g/mol. The van der Waals surface area contributed by atoms with Crippen LogP contribution >= 0.6 is 0 Å². The van der Waals surface area contributed by atoms with Crippen LogP contribution < -0.4 is 0 Å². The van der Waals surface area contributed by atoms with Crippen LogP contribution in [-0.4, -0.2) is 182 Å². The first-order valence-electron chi connectivity index (χ1n) is 33.3. The number of ether oxygens (including phenoxy) is 8. The second-order valence-electron chi connectivity index (χ2n) is 27.6. The summed E-state index contributed by atoms with van der Waals surface area (Å²) in [7, 11) is -12.4. The molecule has 0 N–H and O–H groups in total. The molecule has 598 valence electrons. The molecule has 2 aromatic carbocycles. The number of carbonyl (C=O) groups excluding carboxylic acids is 9. The first kappa shape index (κ1) is 91.2. The largest absolute Gasteiger partial charge is 0.465 e. The molecule has 0 spiro atoms. The Morgan fingerprint density at radius 3 is 1.09 bits per heavy atom. The van der Waals surface area contributed by atoms with Crippen LogP contribution in [0.25, 0.3) is 0 Å². The zero-order valence-corrected chi connectivity index (χ0v) is 60.9. The van der Waals surface area contributed by atoms with Gasteiger partial charge in [-0.1, -0.05) is 66.1 Å². The lowest BCUT2D eigenvalue weighted by molar-refractivity contribution is -0.171. The Morgan fingerprint density at radius 1 is 0.411 bits per heavy atom. The van der Waals surface area contributed by atoms with E-state index in [-0.39, 0.29) is 65.0 Å². The number of hydrogen-bond donors (Lipinski definition) is 0. The van der Waals surface area contributed by atoms with Gasteiger partial charge in [0.05, 0.1) is 19.6 Å².